The van der Waals surface area contributed by atoms with Crippen molar-refractivity contribution in [3.8, 4) is 5.75 Å². The Morgan fingerprint density at radius 3 is 2.52 bits per heavy atom. The van der Waals surface area contributed by atoms with Gasteiger partial charge < -0.3 is 15.4 Å². The number of benzene rings is 2. The van der Waals surface area contributed by atoms with Gasteiger partial charge in [0.05, 0.1) is 17.5 Å². The Hall–Kier alpha value is -2.23. The van der Waals surface area contributed by atoms with Gasteiger partial charge in [0, 0.05) is 18.3 Å². The number of rotatable bonds is 5. The van der Waals surface area contributed by atoms with Gasteiger partial charge in [-0.3, -0.25) is 0 Å². The summed E-state index contributed by atoms with van der Waals surface area (Å²) < 4.78 is 19.7. The van der Waals surface area contributed by atoms with Crippen LogP contribution in [0.2, 0.25) is 0 Å². The Morgan fingerprint density at radius 1 is 1.19 bits per heavy atom. The molecule has 0 radical (unpaired) electrons. The summed E-state index contributed by atoms with van der Waals surface area (Å²) >= 11 is 0. The summed E-state index contributed by atoms with van der Waals surface area (Å²) in [5.74, 6) is 0.375. The van der Waals surface area contributed by atoms with E-state index in [2.05, 4.69) is 0 Å². The summed E-state index contributed by atoms with van der Waals surface area (Å²) in [6.07, 6.45) is 0.0334. The fraction of sp³-hybridized carbons (Fsp3) is 0.294. The second-order valence-corrected chi connectivity index (χ2v) is 5.08. The van der Waals surface area contributed by atoms with Crippen molar-refractivity contribution in [1.82, 2.24) is 0 Å². The van der Waals surface area contributed by atoms with E-state index in [-0.39, 0.29) is 11.9 Å². The molecule has 0 atom stereocenters. The van der Waals surface area contributed by atoms with Gasteiger partial charge in [-0.1, -0.05) is 12.1 Å². The van der Waals surface area contributed by atoms with Crippen LogP contribution in [-0.4, -0.2) is 12.6 Å². The minimum atomic E-state index is -0.248. The second kappa shape index (κ2) is 6.48. The van der Waals surface area contributed by atoms with Crippen LogP contribution in [0.15, 0.2) is 42.5 Å². The molecule has 112 valence electrons. The Kier molecular flexibility index (Phi) is 4.68. The number of anilines is 3. The molecule has 2 rings (SSSR count). The standard InChI is InChI=1S/C17H21FN2O/c1-4-20(16-8-6-5-7-14(16)18)13-9-10-15(19)17(11-13)21-12(2)3/h5-12H,4,19H2,1-3H3. The molecular weight excluding hydrogens is 267 g/mol. The zero-order valence-electron chi connectivity index (χ0n) is 12.6. The molecule has 0 unspecified atom stereocenters. The molecule has 3 nitrogen and oxygen atoms in total. The third-order valence-electron chi connectivity index (χ3n) is 3.13. The maximum Gasteiger partial charge on any atom is 0.146 e. The third kappa shape index (κ3) is 3.45. The molecule has 0 aliphatic rings. The molecule has 2 aromatic carbocycles. The van der Waals surface area contributed by atoms with Crippen LogP contribution in [0.4, 0.5) is 21.5 Å². The first kappa shape index (κ1) is 15.2. The molecule has 2 N–H and O–H groups in total. The summed E-state index contributed by atoms with van der Waals surface area (Å²) in [7, 11) is 0. The molecule has 0 fully saturated rings. The van der Waals surface area contributed by atoms with Crippen molar-refractivity contribution in [2.24, 2.45) is 0 Å². The van der Waals surface area contributed by atoms with E-state index in [4.69, 9.17) is 10.5 Å². The minimum Gasteiger partial charge on any atom is -0.489 e. The highest BCUT2D eigenvalue weighted by Crippen LogP contribution is 2.33. The van der Waals surface area contributed by atoms with E-state index in [0.717, 1.165) is 5.69 Å². The molecule has 0 amide bonds. The monoisotopic (exact) mass is 288 g/mol. The number of hydrogen-bond donors (Lipinski definition) is 1. The van der Waals surface area contributed by atoms with Crippen LogP contribution in [0.3, 0.4) is 0 Å². The molecule has 0 bridgehead atoms. The maximum absolute atomic E-state index is 14.0. The molecule has 0 spiro atoms. The van der Waals surface area contributed by atoms with Gasteiger partial charge in [0.1, 0.15) is 11.6 Å². The molecule has 0 saturated carbocycles. The van der Waals surface area contributed by atoms with Gasteiger partial charge in [0.15, 0.2) is 0 Å². The molecule has 0 saturated heterocycles. The fourth-order valence-corrected chi connectivity index (χ4v) is 2.21. The minimum absolute atomic E-state index is 0.0334. The molecule has 4 heteroatoms. The number of hydrogen-bond acceptors (Lipinski definition) is 3. The SMILES string of the molecule is CCN(c1ccc(N)c(OC(C)C)c1)c1ccccc1F. The zero-order chi connectivity index (χ0) is 15.4. The average molecular weight is 288 g/mol. The molecule has 21 heavy (non-hydrogen) atoms. The lowest BCUT2D eigenvalue weighted by molar-refractivity contribution is 0.244. The summed E-state index contributed by atoms with van der Waals surface area (Å²) in [5.41, 5.74) is 7.91. The summed E-state index contributed by atoms with van der Waals surface area (Å²) in [4.78, 5) is 1.89. The van der Waals surface area contributed by atoms with Crippen LogP contribution in [0.5, 0.6) is 5.75 Å². The molecule has 0 heterocycles. The number of nitrogen functional groups attached to an aromatic ring is 1. The van der Waals surface area contributed by atoms with Crippen molar-refractivity contribution in [3.05, 3.63) is 48.3 Å². The van der Waals surface area contributed by atoms with Crippen LogP contribution in [0.1, 0.15) is 20.8 Å². The van der Waals surface area contributed by atoms with E-state index in [1.165, 1.54) is 6.07 Å². The first-order valence-corrected chi connectivity index (χ1v) is 7.11. The van der Waals surface area contributed by atoms with Gasteiger partial charge >= 0.3 is 0 Å². The van der Waals surface area contributed by atoms with Crippen LogP contribution in [0, 0.1) is 5.82 Å². The molecule has 2 aromatic rings. The second-order valence-electron chi connectivity index (χ2n) is 5.08. The fourth-order valence-electron chi connectivity index (χ4n) is 2.21. The Balaban J connectivity index is 2.41. The van der Waals surface area contributed by atoms with Gasteiger partial charge in [-0.2, -0.15) is 0 Å². The van der Waals surface area contributed by atoms with Gasteiger partial charge in [-0.25, -0.2) is 4.39 Å². The Bertz CT molecular complexity index is 613. The van der Waals surface area contributed by atoms with Crippen molar-refractivity contribution >= 4 is 17.1 Å². The van der Waals surface area contributed by atoms with E-state index in [1.807, 2.05) is 43.9 Å². The summed E-state index contributed by atoms with van der Waals surface area (Å²) in [6, 6.07) is 12.2. The van der Waals surface area contributed by atoms with Crippen LogP contribution in [0.25, 0.3) is 0 Å². The van der Waals surface area contributed by atoms with Gasteiger partial charge in [-0.15, -0.1) is 0 Å². The van der Waals surface area contributed by atoms with Crippen LogP contribution < -0.4 is 15.4 Å². The lowest BCUT2D eigenvalue weighted by atomic mass is 10.2. The predicted octanol–water partition coefficient (Wildman–Crippen LogP) is 4.35. The predicted molar refractivity (Wildman–Crippen MR) is 85.7 cm³/mol. The Labute approximate surface area is 125 Å². The summed E-state index contributed by atoms with van der Waals surface area (Å²) in [5, 5.41) is 0. The topological polar surface area (TPSA) is 38.5 Å². The van der Waals surface area contributed by atoms with Crippen LogP contribution in [-0.2, 0) is 0 Å². The van der Waals surface area contributed by atoms with Gasteiger partial charge in [0.2, 0.25) is 0 Å². The first-order chi connectivity index (χ1) is 10.0. The third-order valence-corrected chi connectivity index (χ3v) is 3.13. The van der Waals surface area contributed by atoms with Gasteiger partial charge in [-0.05, 0) is 45.0 Å². The maximum atomic E-state index is 14.0. The van der Waals surface area contributed by atoms with Crippen LogP contribution >= 0.6 is 0 Å². The molecule has 0 aromatic heterocycles. The number of nitrogens with two attached hydrogens (primary N) is 1. The zero-order valence-corrected chi connectivity index (χ0v) is 12.6. The van der Waals surface area contributed by atoms with E-state index in [9.17, 15) is 4.39 Å². The molecule has 0 aliphatic carbocycles. The van der Waals surface area contributed by atoms with E-state index >= 15 is 0 Å². The van der Waals surface area contributed by atoms with Crippen molar-refractivity contribution < 1.29 is 9.13 Å². The Morgan fingerprint density at radius 2 is 1.90 bits per heavy atom. The highest BCUT2D eigenvalue weighted by Gasteiger charge is 2.13. The van der Waals surface area contributed by atoms with E-state index < -0.39 is 0 Å². The first-order valence-electron chi connectivity index (χ1n) is 7.11. The van der Waals surface area contributed by atoms with E-state index in [0.29, 0.717) is 23.7 Å². The normalized spacial score (nSPS) is 10.7. The largest absolute Gasteiger partial charge is 0.489 e. The average Bonchev–Trinajstić information content (AvgIpc) is 2.44. The summed E-state index contributed by atoms with van der Waals surface area (Å²) in [6.45, 7) is 6.51. The van der Waals surface area contributed by atoms with Crippen molar-refractivity contribution in [1.29, 1.82) is 0 Å². The molecule has 0 aliphatic heterocycles. The number of nitrogens with zero attached hydrogens (tertiary/aromatic N) is 1. The van der Waals surface area contributed by atoms with Crippen molar-refractivity contribution in [3.63, 3.8) is 0 Å². The number of para-hydroxylation sites is 1. The number of ether oxygens (including phenoxy) is 1. The van der Waals surface area contributed by atoms with Crippen molar-refractivity contribution in [2.75, 3.05) is 17.2 Å². The van der Waals surface area contributed by atoms with E-state index in [1.54, 1.807) is 18.2 Å². The number of halogens is 1. The smallest absolute Gasteiger partial charge is 0.146 e. The molecular formula is C17H21FN2O. The lowest BCUT2D eigenvalue weighted by Crippen LogP contribution is -2.18. The lowest BCUT2D eigenvalue weighted by Gasteiger charge is -2.25. The highest BCUT2D eigenvalue weighted by molar-refractivity contribution is 5.69. The van der Waals surface area contributed by atoms with Crippen molar-refractivity contribution in [2.45, 2.75) is 26.9 Å². The highest BCUT2D eigenvalue weighted by atomic mass is 19.1. The van der Waals surface area contributed by atoms with Gasteiger partial charge in [0.25, 0.3) is 0 Å². The quantitative estimate of drug-likeness (QED) is 0.831.